The maximum absolute atomic E-state index is 12.7. The van der Waals surface area contributed by atoms with Crippen molar-refractivity contribution < 1.29 is 13.2 Å². The predicted octanol–water partition coefficient (Wildman–Crippen LogP) is 3.82. The molecule has 1 saturated carbocycles. The summed E-state index contributed by atoms with van der Waals surface area (Å²) in [5.74, 6) is -0.457. The van der Waals surface area contributed by atoms with Gasteiger partial charge in [-0.05, 0) is 57.7 Å². The molecule has 1 aliphatic heterocycles. The number of alkyl halides is 3. The van der Waals surface area contributed by atoms with Gasteiger partial charge in [-0.2, -0.15) is 13.2 Å². The second-order valence-corrected chi connectivity index (χ2v) is 6.72. The standard InChI is InChI=1S/C16H29F3N2/c1-2-9-20-15-6-4-3-5-13(15)12-21-10-7-14(8-11-21)16(17,18)19/h13-15,20H,2-12H2,1H3. The van der Waals surface area contributed by atoms with Crippen molar-refractivity contribution in [3.63, 3.8) is 0 Å². The van der Waals surface area contributed by atoms with E-state index in [1.54, 1.807) is 0 Å². The van der Waals surface area contributed by atoms with Crippen LogP contribution in [-0.4, -0.2) is 43.3 Å². The minimum atomic E-state index is -4.00. The number of halogens is 3. The van der Waals surface area contributed by atoms with E-state index in [1.165, 1.54) is 25.7 Å². The van der Waals surface area contributed by atoms with E-state index < -0.39 is 12.1 Å². The smallest absolute Gasteiger partial charge is 0.314 e. The molecule has 0 aromatic heterocycles. The van der Waals surface area contributed by atoms with Gasteiger partial charge in [0.25, 0.3) is 0 Å². The zero-order valence-corrected chi connectivity index (χ0v) is 13.1. The number of hydrogen-bond acceptors (Lipinski definition) is 2. The Morgan fingerprint density at radius 2 is 1.71 bits per heavy atom. The summed E-state index contributed by atoms with van der Waals surface area (Å²) in [7, 11) is 0. The maximum atomic E-state index is 12.7. The molecule has 2 fully saturated rings. The fourth-order valence-corrected chi connectivity index (χ4v) is 3.80. The van der Waals surface area contributed by atoms with Gasteiger partial charge < -0.3 is 10.2 Å². The number of nitrogens with zero attached hydrogens (tertiary/aromatic N) is 1. The zero-order valence-electron chi connectivity index (χ0n) is 13.1. The second-order valence-electron chi connectivity index (χ2n) is 6.72. The average Bonchev–Trinajstić information content (AvgIpc) is 2.46. The number of piperidine rings is 1. The van der Waals surface area contributed by atoms with Crippen LogP contribution in [0.5, 0.6) is 0 Å². The minimum absolute atomic E-state index is 0.281. The van der Waals surface area contributed by atoms with Crippen LogP contribution in [0.2, 0.25) is 0 Å². The van der Waals surface area contributed by atoms with Crippen LogP contribution >= 0.6 is 0 Å². The normalized spacial score (nSPS) is 29.7. The first kappa shape index (κ1) is 17.1. The molecule has 1 aliphatic carbocycles. The van der Waals surface area contributed by atoms with Gasteiger partial charge >= 0.3 is 6.18 Å². The average molecular weight is 306 g/mol. The first-order valence-corrected chi connectivity index (χ1v) is 8.53. The summed E-state index contributed by atoms with van der Waals surface area (Å²) < 4.78 is 38.1. The molecule has 1 N–H and O–H groups in total. The fourth-order valence-electron chi connectivity index (χ4n) is 3.80. The number of rotatable bonds is 5. The van der Waals surface area contributed by atoms with Crippen molar-refractivity contribution in [3.05, 3.63) is 0 Å². The van der Waals surface area contributed by atoms with Crippen LogP contribution in [-0.2, 0) is 0 Å². The first-order chi connectivity index (χ1) is 10.0. The van der Waals surface area contributed by atoms with Crippen LogP contribution in [0, 0.1) is 11.8 Å². The van der Waals surface area contributed by atoms with Crippen LogP contribution in [0.4, 0.5) is 13.2 Å². The van der Waals surface area contributed by atoms with Crippen molar-refractivity contribution in [2.75, 3.05) is 26.2 Å². The highest BCUT2D eigenvalue weighted by molar-refractivity contribution is 4.85. The first-order valence-electron chi connectivity index (χ1n) is 8.53. The summed E-state index contributed by atoms with van der Waals surface area (Å²) in [5.41, 5.74) is 0. The molecule has 1 heterocycles. The Balaban J connectivity index is 1.78. The van der Waals surface area contributed by atoms with E-state index in [0.717, 1.165) is 19.5 Å². The lowest BCUT2D eigenvalue weighted by molar-refractivity contribution is -0.185. The molecule has 2 aliphatic rings. The quantitative estimate of drug-likeness (QED) is 0.830. The van der Waals surface area contributed by atoms with Crippen molar-refractivity contribution in [2.24, 2.45) is 11.8 Å². The van der Waals surface area contributed by atoms with E-state index in [-0.39, 0.29) is 12.8 Å². The SMILES string of the molecule is CCCNC1CCCCC1CN1CCC(C(F)(F)F)CC1. The molecular weight excluding hydrogens is 277 g/mol. The van der Waals surface area contributed by atoms with Crippen LogP contribution < -0.4 is 5.32 Å². The van der Waals surface area contributed by atoms with Gasteiger partial charge in [-0.15, -0.1) is 0 Å². The number of likely N-dealkylation sites (tertiary alicyclic amines) is 1. The number of hydrogen-bond donors (Lipinski definition) is 1. The molecule has 2 nitrogen and oxygen atoms in total. The Labute approximate surface area is 126 Å². The van der Waals surface area contributed by atoms with E-state index in [1.807, 2.05) is 0 Å². The summed E-state index contributed by atoms with van der Waals surface area (Å²) in [6.45, 7) is 5.43. The van der Waals surface area contributed by atoms with Gasteiger partial charge in [0.2, 0.25) is 0 Å². The summed E-state index contributed by atoms with van der Waals surface area (Å²) in [4.78, 5) is 2.26. The van der Waals surface area contributed by atoms with Crippen molar-refractivity contribution >= 4 is 0 Å². The molecule has 0 amide bonds. The molecule has 21 heavy (non-hydrogen) atoms. The lowest BCUT2D eigenvalue weighted by atomic mass is 9.83. The minimum Gasteiger partial charge on any atom is -0.314 e. The van der Waals surface area contributed by atoms with Crippen molar-refractivity contribution in [3.8, 4) is 0 Å². The van der Waals surface area contributed by atoms with Gasteiger partial charge in [0.1, 0.15) is 0 Å². The van der Waals surface area contributed by atoms with Gasteiger partial charge in [0, 0.05) is 12.6 Å². The third-order valence-corrected chi connectivity index (χ3v) is 5.11. The summed E-state index contributed by atoms with van der Waals surface area (Å²) in [6.07, 6.45) is 2.71. The molecule has 2 rings (SSSR count). The highest BCUT2D eigenvalue weighted by atomic mass is 19.4. The van der Waals surface area contributed by atoms with Crippen LogP contribution in [0.15, 0.2) is 0 Å². The molecule has 0 bridgehead atoms. The molecule has 1 saturated heterocycles. The molecule has 2 atom stereocenters. The van der Waals surface area contributed by atoms with E-state index in [9.17, 15) is 13.2 Å². The maximum Gasteiger partial charge on any atom is 0.391 e. The lowest BCUT2D eigenvalue weighted by Gasteiger charge is -2.39. The summed E-state index contributed by atoms with van der Waals surface area (Å²) in [6, 6.07) is 0.569. The van der Waals surface area contributed by atoms with E-state index >= 15 is 0 Å². The van der Waals surface area contributed by atoms with Crippen LogP contribution in [0.25, 0.3) is 0 Å². The molecule has 0 aromatic rings. The fraction of sp³-hybridized carbons (Fsp3) is 1.00. The monoisotopic (exact) mass is 306 g/mol. The highest BCUT2D eigenvalue weighted by Crippen LogP contribution is 2.35. The Morgan fingerprint density at radius 3 is 2.33 bits per heavy atom. The molecule has 0 aromatic carbocycles. The van der Waals surface area contributed by atoms with Crippen molar-refractivity contribution in [1.29, 1.82) is 0 Å². The lowest BCUT2D eigenvalue weighted by Crippen LogP contribution is -2.47. The summed E-state index contributed by atoms with van der Waals surface area (Å²) in [5, 5.41) is 3.64. The Morgan fingerprint density at radius 1 is 1.05 bits per heavy atom. The molecule has 5 heteroatoms. The molecule has 124 valence electrons. The van der Waals surface area contributed by atoms with E-state index in [4.69, 9.17) is 0 Å². The van der Waals surface area contributed by atoms with Crippen molar-refractivity contribution in [1.82, 2.24) is 10.2 Å². The third-order valence-electron chi connectivity index (χ3n) is 5.11. The zero-order chi connectivity index (χ0) is 15.3. The molecule has 0 radical (unpaired) electrons. The Bertz CT molecular complexity index is 298. The summed E-state index contributed by atoms with van der Waals surface area (Å²) >= 11 is 0. The largest absolute Gasteiger partial charge is 0.391 e. The van der Waals surface area contributed by atoms with Crippen LogP contribution in [0.3, 0.4) is 0 Å². The third kappa shape index (κ3) is 5.13. The van der Waals surface area contributed by atoms with Gasteiger partial charge in [-0.25, -0.2) is 0 Å². The Kier molecular flexibility index (Phi) is 6.35. The van der Waals surface area contributed by atoms with E-state index in [0.29, 0.717) is 25.0 Å². The van der Waals surface area contributed by atoms with E-state index in [2.05, 4.69) is 17.1 Å². The molecular formula is C16H29F3N2. The Hall–Kier alpha value is -0.290. The predicted molar refractivity (Wildman–Crippen MR) is 79.3 cm³/mol. The second kappa shape index (κ2) is 7.82. The molecule has 0 spiro atoms. The number of nitrogens with one attached hydrogen (secondary N) is 1. The van der Waals surface area contributed by atoms with Crippen molar-refractivity contribution in [2.45, 2.75) is 64.1 Å². The van der Waals surface area contributed by atoms with Gasteiger partial charge in [0.05, 0.1) is 5.92 Å². The van der Waals surface area contributed by atoms with Gasteiger partial charge in [-0.3, -0.25) is 0 Å². The highest BCUT2D eigenvalue weighted by Gasteiger charge is 2.41. The van der Waals surface area contributed by atoms with Gasteiger partial charge in [0.15, 0.2) is 0 Å². The van der Waals surface area contributed by atoms with Gasteiger partial charge in [-0.1, -0.05) is 19.8 Å². The van der Waals surface area contributed by atoms with Crippen LogP contribution in [0.1, 0.15) is 51.9 Å². The topological polar surface area (TPSA) is 15.3 Å². The molecule has 2 unspecified atom stereocenters.